The minimum Gasteiger partial charge on any atom is -0.316 e. The molecule has 1 fully saturated rings. The molecule has 1 aliphatic rings. The van der Waals surface area contributed by atoms with Crippen molar-refractivity contribution in [3.8, 4) is 0 Å². The molecule has 0 spiro atoms. The summed E-state index contributed by atoms with van der Waals surface area (Å²) in [6, 6.07) is 0.823. The van der Waals surface area contributed by atoms with Crippen LogP contribution in [-0.2, 0) is 0 Å². The topological polar surface area (TPSA) is 15.3 Å². The van der Waals surface area contributed by atoms with E-state index in [9.17, 15) is 0 Å². The number of rotatable bonds is 6. The first kappa shape index (κ1) is 12.0. The molecule has 0 saturated carbocycles. The molecule has 14 heavy (non-hydrogen) atoms. The molecule has 0 bridgehead atoms. The van der Waals surface area contributed by atoms with Gasteiger partial charge in [0.25, 0.3) is 0 Å². The molecule has 2 nitrogen and oxygen atoms in total. The Bertz CT molecular complexity index is 147. The first-order valence-electron chi connectivity index (χ1n) is 6.18. The number of nitrogens with zero attached hydrogens (tertiary/aromatic N) is 1. The molecule has 0 aromatic rings. The Labute approximate surface area is 89.1 Å². The molecule has 1 N–H and O–H groups in total. The predicted octanol–water partition coefficient (Wildman–Crippen LogP) is 2.11. The van der Waals surface area contributed by atoms with Crippen molar-refractivity contribution in [2.75, 3.05) is 26.2 Å². The van der Waals surface area contributed by atoms with Gasteiger partial charge >= 0.3 is 0 Å². The fraction of sp³-hybridized carbons (Fsp3) is 1.00. The molecule has 2 unspecified atom stereocenters. The van der Waals surface area contributed by atoms with Gasteiger partial charge in [-0.05, 0) is 51.7 Å². The van der Waals surface area contributed by atoms with E-state index in [4.69, 9.17) is 0 Å². The van der Waals surface area contributed by atoms with E-state index in [2.05, 4.69) is 31.0 Å². The number of hydrogen-bond donors (Lipinski definition) is 1. The van der Waals surface area contributed by atoms with Gasteiger partial charge in [0.1, 0.15) is 0 Å². The van der Waals surface area contributed by atoms with Crippen molar-refractivity contribution < 1.29 is 0 Å². The van der Waals surface area contributed by atoms with Gasteiger partial charge in [0.15, 0.2) is 0 Å². The third-order valence-electron chi connectivity index (χ3n) is 3.16. The van der Waals surface area contributed by atoms with Gasteiger partial charge in [0.05, 0.1) is 0 Å². The van der Waals surface area contributed by atoms with Gasteiger partial charge in [-0.15, -0.1) is 0 Å². The van der Waals surface area contributed by atoms with E-state index < -0.39 is 0 Å². The van der Waals surface area contributed by atoms with Crippen LogP contribution in [0.4, 0.5) is 0 Å². The summed E-state index contributed by atoms with van der Waals surface area (Å²) in [5.41, 5.74) is 0. The summed E-state index contributed by atoms with van der Waals surface area (Å²) in [6.07, 6.45) is 4.04. The Hall–Kier alpha value is -0.0800. The van der Waals surface area contributed by atoms with Crippen LogP contribution in [0.1, 0.15) is 40.0 Å². The van der Waals surface area contributed by atoms with Crippen LogP contribution in [0.5, 0.6) is 0 Å². The summed E-state index contributed by atoms with van der Waals surface area (Å²) in [5, 5.41) is 3.50. The van der Waals surface area contributed by atoms with Gasteiger partial charge in [-0.1, -0.05) is 13.8 Å². The van der Waals surface area contributed by atoms with Crippen molar-refractivity contribution in [2.24, 2.45) is 5.92 Å². The highest BCUT2D eigenvalue weighted by atomic mass is 15.2. The summed E-state index contributed by atoms with van der Waals surface area (Å²) in [6.45, 7) is 11.9. The zero-order valence-electron chi connectivity index (χ0n) is 10.1. The average Bonchev–Trinajstić information content (AvgIpc) is 2.52. The third kappa shape index (κ3) is 3.97. The number of hydrogen-bond acceptors (Lipinski definition) is 2. The Kier molecular flexibility index (Phi) is 5.49. The van der Waals surface area contributed by atoms with Crippen LogP contribution in [0.2, 0.25) is 0 Å². The Morgan fingerprint density at radius 3 is 2.86 bits per heavy atom. The Balaban J connectivity index is 2.09. The van der Waals surface area contributed by atoms with Crippen molar-refractivity contribution in [2.45, 2.75) is 46.1 Å². The molecule has 1 saturated heterocycles. The fourth-order valence-electron chi connectivity index (χ4n) is 2.25. The molecule has 2 heteroatoms. The van der Waals surface area contributed by atoms with Crippen molar-refractivity contribution in [3.05, 3.63) is 0 Å². The molecule has 1 rings (SSSR count). The lowest BCUT2D eigenvalue weighted by Crippen LogP contribution is -2.35. The van der Waals surface area contributed by atoms with Gasteiger partial charge in [-0.2, -0.15) is 0 Å². The number of likely N-dealkylation sites (tertiary alicyclic amines) is 1. The zero-order chi connectivity index (χ0) is 10.4. The van der Waals surface area contributed by atoms with E-state index in [-0.39, 0.29) is 0 Å². The van der Waals surface area contributed by atoms with Crippen LogP contribution in [0.3, 0.4) is 0 Å². The lowest BCUT2D eigenvalue weighted by atomic mass is 10.1. The molecule has 0 radical (unpaired) electrons. The van der Waals surface area contributed by atoms with Gasteiger partial charge in [0.2, 0.25) is 0 Å². The van der Waals surface area contributed by atoms with Gasteiger partial charge in [0, 0.05) is 12.6 Å². The molecular formula is C12H26N2. The first-order chi connectivity index (χ1) is 6.74. The Morgan fingerprint density at radius 1 is 1.50 bits per heavy atom. The molecule has 0 amide bonds. The van der Waals surface area contributed by atoms with E-state index in [1.165, 1.54) is 45.4 Å². The normalized spacial score (nSPS) is 25.5. The van der Waals surface area contributed by atoms with Gasteiger partial charge < -0.3 is 10.2 Å². The molecule has 84 valence electrons. The minimum absolute atomic E-state index is 0.794. The quantitative estimate of drug-likeness (QED) is 0.658. The molecule has 2 atom stereocenters. The zero-order valence-corrected chi connectivity index (χ0v) is 10.1. The second kappa shape index (κ2) is 6.41. The molecule has 0 aliphatic carbocycles. The second-order valence-corrected chi connectivity index (χ2v) is 4.80. The van der Waals surface area contributed by atoms with Crippen molar-refractivity contribution in [1.82, 2.24) is 10.2 Å². The molecule has 1 aliphatic heterocycles. The van der Waals surface area contributed by atoms with E-state index in [1.54, 1.807) is 0 Å². The number of nitrogens with one attached hydrogen (secondary N) is 1. The minimum atomic E-state index is 0.794. The summed E-state index contributed by atoms with van der Waals surface area (Å²) in [4.78, 5) is 2.64. The molecule has 1 heterocycles. The Morgan fingerprint density at radius 2 is 2.29 bits per heavy atom. The molecule has 0 aromatic heterocycles. The van der Waals surface area contributed by atoms with E-state index in [0.29, 0.717) is 0 Å². The molecule has 0 aromatic carbocycles. The van der Waals surface area contributed by atoms with Crippen LogP contribution in [-0.4, -0.2) is 37.1 Å². The van der Waals surface area contributed by atoms with Crippen molar-refractivity contribution in [1.29, 1.82) is 0 Å². The van der Waals surface area contributed by atoms with Crippen molar-refractivity contribution in [3.63, 3.8) is 0 Å². The third-order valence-corrected chi connectivity index (χ3v) is 3.16. The second-order valence-electron chi connectivity index (χ2n) is 4.80. The summed E-state index contributed by atoms with van der Waals surface area (Å²) in [5.74, 6) is 0.794. The summed E-state index contributed by atoms with van der Waals surface area (Å²) in [7, 11) is 0. The van der Waals surface area contributed by atoms with Crippen LogP contribution in [0, 0.1) is 5.92 Å². The van der Waals surface area contributed by atoms with Crippen LogP contribution in [0.25, 0.3) is 0 Å². The molecular weight excluding hydrogens is 172 g/mol. The maximum atomic E-state index is 3.50. The maximum Gasteiger partial charge on any atom is 0.00675 e. The highest BCUT2D eigenvalue weighted by Crippen LogP contribution is 2.17. The monoisotopic (exact) mass is 198 g/mol. The summed E-state index contributed by atoms with van der Waals surface area (Å²) >= 11 is 0. The SMILES string of the molecule is CCCNCC(C)CN1CCCC1C. The van der Waals surface area contributed by atoms with Gasteiger partial charge in [-0.3, -0.25) is 0 Å². The largest absolute Gasteiger partial charge is 0.316 e. The van der Waals surface area contributed by atoms with Crippen molar-refractivity contribution >= 4 is 0 Å². The van der Waals surface area contributed by atoms with Gasteiger partial charge in [-0.25, -0.2) is 0 Å². The first-order valence-corrected chi connectivity index (χ1v) is 6.18. The smallest absolute Gasteiger partial charge is 0.00675 e. The van der Waals surface area contributed by atoms with E-state index in [0.717, 1.165) is 12.0 Å². The average molecular weight is 198 g/mol. The van der Waals surface area contributed by atoms with Crippen LogP contribution in [0.15, 0.2) is 0 Å². The highest BCUT2D eigenvalue weighted by molar-refractivity contribution is 4.76. The fourth-order valence-corrected chi connectivity index (χ4v) is 2.25. The summed E-state index contributed by atoms with van der Waals surface area (Å²) < 4.78 is 0. The van der Waals surface area contributed by atoms with E-state index in [1.807, 2.05) is 0 Å². The highest BCUT2D eigenvalue weighted by Gasteiger charge is 2.21. The lowest BCUT2D eigenvalue weighted by molar-refractivity contribution is 0.229. The predicted molar refractivity (Wildman–Crippen MR) is 62.6 cm³/mol. The van der Waals surface area contributed by atoms with Crippen LogP contribution >= 0.6 is 0 Å². The standard InChI is InChI=1S/C12H26N2/c1-4-7-13-9-11(2)10-14-8-5-6-12(14)3/h11-13H,4-10H2,1-3H3. The lowest BCUT2D eigenvalue weighted by Gasteiger charge is -2.25. The van der Waals surface area contributed by atoms with Crippen LogP contribution < -0.4 is 5.32 Å². The van der Waals surface area contributed by atoms with E-state index >= 15 is 0 Å². The maximum absolute atomic E-state index is 3.50.